The Labute approximate surface area is 244 Å². The number of aromatic nitrogens is 2. The predicted octanol–water partition coefficient (Wildman–Crippen LogP) is 5.88. The molecular formula is C25H38F3N5O5S2Si. The van der Waals surface area contributed by atoms with Crippen molar-refractivity contribution in [2.45, 2.75) is 82.1 Å². The number of halogens is 3. The topological polar surface area (TPSA) is 114 Å². The fourth-order valence-corrected chi connectivity index (χ4v) is 6.51. The molecule has 1 aliphatic rings. The highest BCUT2D eigenvalue weighted by Gasteiger charge is 2.38. The smallest absolute Gasteiger partial charge is 0.418 e. The lowest BCUT2D eigenvalue weighted by molar-refractivity contribution is -0.137. The summed E-state index contributed by atoms with van der Waals surface area (Å²) in [7, 11) is -5.99. The van der Waals surface area contributed by atoms with Gasteiger partial charge >= 0.3 is 12.3 Å². The molecule has 0 bridgehead atoms. The van der Waals surface area contributed by atoms with Gasteiger partial charge < -0.3 is 19.7 Å². The highest BCUT2D eigenvalue weighted by Crippen LogP contribution is 2.37. The normalized spacial score (nSPS) is 15.6. The Hall–Kier alpha value is -2.43. The highest BCUT2D eigenvalue weighted by molar-refractivity contribution is 7.92. The molecule has 41 heavy (non-hydrogen) atoms. The zero-order valence-electron chi connectivity index (χ0n) is 24.1. The van der Waals surface area contributed by atoms with Crippen molar-refractivity contribution in [3.63, 3.8) is 0 Å². The predicted molar refractivity (Wildman–Crippen MR) is 154 cm³/mol. The van der Waals surface area contributed by atoms with E-state index in [1.165, 1.54) is 15.8 Å². The first-order chi connectivity index (χ1) is 18.9. The summed E-state index contributed by atoms with van der Waals surface area (Å²) in [5.74, 6) is 0.0392. The van der Waals surface area contributed by atoms with Crippen molar-refractivity contribution in [3.8, 4) is 0 Å². The molecule has 0 radical (unpaired) electrons. The average Bonchev–Trinajstić information content (AvgIpc) is 3.36. The molecule has 230 valence electrons. The minimum atomic E-state index is -4.86. The Bertz CT molecular complexity index is 1270. The Kier molecular flexibility index (Phi) is 10.4. The first-order valence-electron chi connectivity index (χ1n) is 13.2. The van der Waals surface area contributed by atoms with Gasteiger partial charge in [-0.1, -0.05) is 19.6 Å². The van der Waals surface area contributed by atoms with Crippen molar-refractivity contribution in [2.75, 3.05) is 36.0 Å². The maximum Gasteiger partial charge on any atom is 0.418 e. The molecule has 0 saturated carbocycles. The zero-order chi connectivity index (χ0) is 30.6. The Morgan fingerprint density at radius 3 is 2.39 bits per heavy atom. The molecule has 10 nitrogen and oxygen atoms in total. The third kappa shape index (κ3) is 9.54. The van der Waals surface area contributed by atoms with Crippen LogP contribution in [0, 0.1) is 0 Å². The average molecular weight is 638 g/mol. The number of nitrogens with one attached hydrogen (secondary N) is 1. The van der Waals surface area contributed by atoms with Crippen molar-refractivity contribution >= 4 is 47.0 Å². The van der Waals surface area contributed by atoms with E-state index in [4.69, 9.17) is 9.47 Å². The van der Waals surface area contributed by atoms with E-state index >= 15 is 0 Å². The number of sulfonamides is 1. The van der Waals surface area contributed by atoms with Gasteiger partial charge in [0.2, 0.25) is 0 Å². The van der Waals surface area contributed by atoms with E-state index < -0.39 is 53.3 Å². The number of piperidine rings is 1. The van der Waals surface area contributed by atoms with Crippen molar-refractivity contribution in [1.82, 2.24) is 14.9 Å². The third-order valence-electron chi connectivity index (χ3n) is 6.12. The molecule has 1 N–H and O–H groups in total. The first kappa shape index (κ1) is 33.1. The summed E-state index contributed by atoms with van der Waals surface area (Å²) >= 11 is 1.15. The summed E-state index contributed by atoms with van der Waals surface area (Å²) in [6.45, 7) is 12.2. The number of thiazole rings is 1. The minimum absolute atomic E-state index is 0.0392. The molecule has 0 atom stereocenters. The van der Waals surface area contributed by atoms with Crippen molar-refractivity contribution in [1.29, 1.82) is 0 Å². The summed E-state index contributed by atoms with van der Waals surface area (Å²) in [6.07, 6.45) is -3.68. The van der Waals surface area contributed by atoms with Gasteiger partial charge in [0.05, 0.1) is 23.0 Å². The van der Waals surface area contributed by atoms with Gasteiger partial charge in [-0.25, -0.2) is 19.1 Å². The van der Waals surface area contributed by atoms with Gasteiger partial charge in [0.1, 0.15) is 12.3 Å². The molecule has 3 rings (SSSR count). The first-order valence-corrected chi connectivity index (χ1v) is 19.3. The Balaban J connectivity index is 1.79. The van der Waals surface area contributed by atoms with Gasteiger partial charge in [0.15, 0.2) is 10.8 Å². The SMILES string of the molecule is CC(C)(C)OC(=O)N1CCC(Nc2cnc(S(=O)(=O)N(COCC[Si](C)(C)C)c3cscn3)cc2C(F)(F)F)CC1. The fourth-order valence-electron chi connectivity index (χ4n) is 3.91. The summed E-state index contributed by atoms with van der Waals surface area (Å²) in [4.78, 5) is 21.8. The monoisotopic (exact) mass is 637 g/mol. The van der Waals surface area contributed by atoms with Crippen molar-refractivity contribution in [2.24, 2.45) is 0 Å². The van der Waals surface area contributed by atoms with E-state index in [-0.39, 0.29) is 17.5 Å². The molecule has 16 heteroatoms. The van der Waals surface area contributed by atoms with Gasteiger partial charge in [-0.15, -0.1) is 11.3 Å². The van der Waals surface area contributed by atoms with Crippen LogP contribution in [0.4, 0.5) is 29.5 Å². The van der Waals surface area contributed by atoms with Gasteiger partial charge in [-0.05, 0) is 45.7 Å². The number of alkyl halides is 3. The van der Waals surface area contributed by atoms with Crippen molar-refractivity contribution in [3.05, 3.63) is 28.7 Å². The maximum atomic E-state index is 14.2. The van der Waals surface area contributed by atoms with E-state index in [0.29, 0.717) is 38.6 Å². The lowest BCUT2D eigenvalue weighted by Gasteiger charge is -2.34. The number of hydrogen-bond donors (Lipinski definition) is 1. The molecule has 3 heterocycles. The quantitative estimate of drug-likeness (QED) is 0.195. The minimum Gasteiger partial charge on any atom is -0.444 e. The van der Waals surface area contributed by atoms with Gasteiger partial charge in [0.25, 0.3) is 10.0 Å². The summed E-state index contributed by atoms with van der Waals surface area (Å²) in [5.41, 5.74) is -0.718. The zero-order valence-corrected chi connectivity index (χ0v) is 26.7. The van der Waals surface area contributed by atoms with Crippen LogP contribution in [0.3, 0.4) is 0 Å². The number of carbonyl (C=O) groups is 1. The molecule has 2 aromatic heterocycles. The number of hydrogen-bond acceptors (Lipinski definition) is 9. The van der Waals surface area contributed by atoms with E-state index in [0.717, 1.165) is 27.9 Å². The van der Waals surface area contributed by atoms with E-state index in [9.17, 15) is 26.4 Å². The van der Waals surface area contributed by atoms with E-state index in [1.807, 2.05) is 0 Å². The van der Waals surface area contributed by atoms with Gasteiger partial charge in [0, 0.05) is 39.2 Å². The second-order valence-corrected chi connectivity index (χ2v) is 20.1. The van der Waals surface area contributed by atoms with Crippen LogP contribution in [0.25, 0.3) is 0 Å². The summed E-state index contributed by atoms with van der Waals surface area (Å²) < 4.78 is 81.3. The molecule has 2 aromatic rings. The van der Waals surface area contributed by atoms with Crippen LogP contribution in [0.15, 0.2) is 28.2 Å². The lowest BCUT2D eigenvalue weighted by atomic mass is 10.0. The number of nitrogens with zero attached hydrogens (tertiary/aromatic N) is 4. The van der Waals surface area contributed by atoms with E-state index in [2.05, 4.69) is 34.9 Å². The highest BCUT2D eigenvalue weighted by atomic mass is 32.2. The third-order valence-corrected chi connectivity index (χ3v) is 10.0. The van der Waals surface area contributed by atoms with Crippen LogP contribution in [0.2, 0.25) is 25.7 Å². The Morgan fingerprint density at radius 2 is 1.85 bits per heavy atom. The van der Waals surface area contributed by atoms with Gasteiger partial charge in [-0.3, -0.25) is 0 Å². The van der Waals surface area contributed by atoms with E-state index in [1.54, 1.807) is 20.8 Å². The number of likely N-dealkylation sites (tertiary alicyclic amines) is 1. The van der Waals surface area contributed by atoms with Crippen LogP contribution >= 0.6 is 11.3 Å². The molecular weight excluding hydrogens is 600 g/mol. The van der Waals surface area contributed by atoms with Crippen molar-refractivity contribution < 1.29 is 35.9 Å². The van der Waals surface area contributed by atoms with Crippen LogP contribution in [-0.4, -0.2) is 75.5 Å². The molecule has 1 fully saturated rings. The maximum absolute atomic E-state index is 14.2. The molecule has 1 aliphatic heterocycles. The standard InChI is InChI=1S/C25H38F3N5O5S2Si/c1-24(2,3)38-23(34)32-9-7-18(8-10-32)31-20-14-29-22(13-19(20)25(26,27)28)40(35,36)33(21-15-39-16-30-21)17-37-11-12-41(4,5)6/h13-16,18,31H,7-12,17H2,1-6H3. The number of carbonyl (C=O) groups excluding carboxylic acids is 1. The van der Waals surface area contributed by atoms with Crippen LogP contribution < -0.4 is 9.62 Å². The second kappa shape index (κ2) is 12.8. The van der Waals surface area contributed by atoms with Crippen LogP contribution in [-0.2, 0) is 25.7 Å². The largest absolute Gasteiger partial charge is 0.444 e. The molecule has 0 unspecified atom stereocenters. The van der Waals surface area contributed by atoms with Crippen LogP contribution in [0.5, 0.6) is 0 Å². The molecule has 0 aromatic carbocycles. The van der Waals surface area contributed by atoms with Crippen LogP contribution in [0.1, 0.15) is 39.2 Å². The lowest BCUT2D eigenvalue weighted by Crippen LogP contribution is -2.44. The molecule has 0 aliphatic carbocycles. The molecule has 1 saturated heterocycles. The second-order valence-electron chi connectivity index (χ2n) is 12.0. The number of amides is 1. The molecule has 1 amide bonds. The number of rotatable bonds is 10. The summed E-state index contributed by atoms with van der Waals surface area (Å²) in [5, 5.41) is 3.56. The van der Waals surface area contributed by atoms with Gasteiger partial charge in [-0.2, -0.15) is 21.6 Å². The number of anilines is 2. The Morgan fingerprint density at radius 1 is 1.20 bits per heavy atom. The number of pyridine rings is 1. The fraction of sp³-hybridized carbons (Fsp3) is 0.640. The molecule has 0 spiro atoms. The summed E-state index contributed by atoms with van der Waals surface area (Å²) in [6, 6.07) is 0.936. The number of ether oxygens (including phenoxy) is 2.